The van der Waals surface area contributed by atoms with Crippen LogP contribution >= 0.6 is 23.2 Å². The molecule has 296 valence electrons. The fourth-order valence-corrected chi connectivity index (χ4v) is 7.27. The Hall–Kier alpha value is -5.80. The second kappa shape index (κ2) is 19.6. The molecule has 0 aromatic heterocycles. The quantitative estimate of drug-likeness (QED) is 0.0839. The lowest BCUT2D eigenvalue weighted by atomic mass is 9.82. The predicted molar refractivity (Wildman–Crippen MR) is 228 cm³/mol. The number of halogens is 2. The zero-order valence-corrected chi connectivity index (χ0v) is 33.4. The van der Waals surface area contributed by atoms with Gasteiger partial charge in [-0.1, -0.05) is 126 Å². The Morgan fingerprint density at radius 1 is 0.707 bits per heavy atom. The van der Waals surface area contributed by atoms with Crippen molar-refractivity contribution >= 4 is 35.0 Å². The number of aliphatic hydroxyl groups excluding tert-OH is 1. The number of benzene rings is 6. The van der Waals surface area contributed by atoms with Gasteiger partial charge in [-0.2, -0.15) is 0 Å². The molecule has 1 heterocycles. The highest BCUT2D eigenvalue weighted by atomic mass is 35.5. The van der Waals surface area contributed by atoms with E-state index in [0.717, 1.165) is 22.3 Å². The van der Waals surface area contributed by atoms with Gasteiger partial charge in [0.1, 0.15) is 19.0 Å². The number of hydrogen-bond acceptors (Lipinski definition) is 7. The van der Waals surface area contributed by atoms with Crippen LogP contribution in [-0.4, -0.2) is 42.2 Å². The van der Waals surface area contributed by atoms with Gasteiger partial charge >= 0.3 is 0 Å². The van der Waals surface area contributed by atoms with Crippen molar-refractivity contribution < 1.29 is 28.8 Å². The van der Waals surface area contributed by atoms with Gasteiger partial charge in [0, 0.05) is 47.2 Å². The largest absolute Gasteiger partial charge is 0.494 e. The molecule has 0 spiro atoms. The highest BCUT2D eigenvalue weighted by Crippen LogP contribution is 2.45. The lowest BCUT2D eigenvalue weighted by Crippen LogP contribution is -2.50. The number of aliphatic imine (C=N–C) groups is 1. The lowest BCUT2D eigenvalue weighted by molar-refractivity contribution is -0.128. The Morgan fingerprint density at radius 3 is 1.98 bits per heavy atom. The summed E-state index contributed by atoms with van der Waals surface area (Å²) >= 11 is 13.2. The van der Waals surface area contributed by atoms with E-state index in [2.05, 4.69) is 5.32 Å². The van der Waals surface area contributed by atoms with E-state index in [1.807, 2.05) is 133 Å². The summed E-state index contributed by atoms with van der Waals surface area (Å²) < 4.78 is 25.0. The summed E-state index contributed by atoms with van der Waals surface area (Å²) in [6.07, 6.45) is 0.387. The van der Waals surface area contributed by atoms with E-state index >= 15 is 0 Å². The number of carbonyl (C=O) groups is 1. The van der Waals surface area contributed by atoms with Crippen molar-refractivity contribution in [3.05, 3.63) is 195 Å². The highest BCUT2D eigenvalue weighted by molar-refractivity contribution is 6.35. The molecule has 2 atom stereocenters. The standard InChI is InChI=1S/C48H44Cl2N2O6/c49-39-20-23-41(42(50)30-39)45-48(31-35-11-4-1-5-12-35,52-46(58-45)38-18-21-40(22-19-38)55-28-10-27-53)47(54)51-26-25-34-17-24-43(56-32-36-13-6-2-7-14-36)44(29-34)57-33-37-15-8-3-9-16-37/h1-9,11-24,29-30,45,53H,10,25-28,31-33H2,(H,51,54)/t45-,48-/m1/s1. The molecule has 10 heteroatoms. The average molecular weight is 816 g/mol. The third-order valence-electron chi connectivity index (χ3n) is 9.77. The maximum atomic E-state index is 14.8. The molecule has 58 heavy (non-hydrogen) atoms. The van der Waals surface area contributed by atoms with E-state index < -0.39 is 11.6 Å². The van der Waals surface area contributed by atoms with Crippen molar-refractivity contribution in [1.29, 1.82) is 0 Å². The van der Waals surface area contributed by atoms with Crippen molar-refractivity contribution in [1.82, 2.24) is 5.32 Å². The van der Waals surface area contributed by atoms with Crippen LogP contribution in [0.2, 0.25) is 10.0 Å². The van der Waals surface area contributed by atoms with Crippen LogP contribution in [0.5, 0.6) is 17.2 Å². The van der Waals surface area contributed by atoms with E-state index in [4.69, 9.17) is 52.2 Å². The first-order valence-corrected chi connectivity index (χ1v) is 20.0. The van der Waals surface area contributed by atoms with Gasteiger partial charge in [0.2, 0.25) is 5.90 Å². The van der Waals surface area contributed by atoms with Crippen LogP contribution in [0.3, 0.4) is 0 Å². The Balaban J connectivity index is 1.16. The number of rotatable bonds is 18. The summed E-state index contributed by atoms with van der Waals surface area (Å²) in [6, 6.07) is 48.1. The summed E-state index contributed by atoms with van der Waals surface area (Å²) in [5, 5.41) is 13.2. The Morgan fingerprint density at radius 2 is 1.34 bits per heavy atom. The molecule has 2 N–H and O–H groups in total. The number of amides is 1. The molecular formula is C48H44Cl2N2O6. The molecule has 7 rings (SSSR count). The number of carbonyl (C=O) groups excluding carboxylic acids is 1. The Bertz CT molecular complexity index is 2290. The molecule has 1 amide bonds. The second-order valence-electron chi connectivity index (χ2n) is 14.0. The molecule has 0 fully saturated rings. The Kier molecular flexibility index (Phi) is 13.6. The lowest BCUT2D eigenvalue weighted by Gasteiger charge is -2.31. The van der Waals surface area contributed by atoms with E-state index in [0.29, 0.717) is 83.5 Å². The summed E-state index contributed by atoms with van der Waals surface area (Å²) in [6.45, 7) is 1.51. The van der Waals surface area contributed by atoms with Gasteiger partial charge in [-0.15, -0.1) is 0 Å². The minimum absolute atomic E-state index is 0.0452. The monoisotopic (exact) mass is 814 g/mol. The van der Waals surface area contributed by atoms with Crippen LogP contribution in [0.25, 0.3) is 0 Å². The number of hydrogen-bond donors (Lipinski definition) is 2. The van der Waals surface area contributed by atoms with Gasteiger partial charge in [0.15, 0.2) is 23.1 Å². The maximum Gasteiger partial charge on any atom is 0.252 e. The van der Waals surface area contributed by atoms with Crippen LogP contribution in [0, 0.1) is 0 Å². The third kappa shape index (κ3) is 10.2. The minimum atomic E-state index is -1.44. The predicted octanol–water partition coefficient (Wildman–Crippen LogP) is 9.77. The molecule has 0 saturated heterocycles. The molecule has 1 aliphatic rings. The van der Waals surface area contributed by atoms with Crippen LogP contribution in [0.1, 0.15) is 45.9 Å². The van der Waals surface area contributed by atoms with Crippen molar-refractivity contribution in [2.75, 3.05) is 19.8 Å². The molecule has 0 unspecified atom stereocenters. The van der Waals surface area contributed by atoms with Gasteiger partial charge in [-0.05, 0) is 77.2 Å². The molecule has 0 bridgehead atoms. The van der Waals surface area contributed by atoms with Crippen molar-refractivity contribution in [2.24, 2.45) is 4.99 Å². The topological polar surface area (TPSA) is 98.6 Å². The average Bonchev–Trinajstić information content (AvgIpc) is 3.63. The van der Waals surface area contributed by atoms with Crippen molar-refractivity contribution in [2.45, 2.75) is 44.1 Å². The number of nitrogens with one attached hydrogen (secondary N) is 1. The van der Waals surface area contributed by atoms with Crippen molar-refractivity contribution in [3.8, 4) is 17.2 Å². The second-order valence-corrected chi connectivity index (χ2v) is 14.8. The summed E-state index contributed by atoms with van der Waals surface area (Å²) in [5.41, 5.74) is 3.76. The molecule has 0 aliphatic carbocycles. The fourth-order valence-electron chi connectivity index (χ4n) is 6.76. The van der Waals surface area contributed by atoms with Crippen LogP contribution in [0.15, 0.2) is 157 Å². The fraction of sp³-hybridized carbons (Fsp3) is 0.208. The third-order valence-corrected chi connectivity index (χ3v) is 10.3. The Labute approximate surface area is 349 Å². The minimum Gasteiger partial charge on any atom is -0.494 e. The molecule has 1 aliphatic heterocycles. The molecule has 0 saturated carbocycles. The molecule has 6 aromatic rings. The van der Waals surface area contributed by atoms with Gasteiger partial charge < -0.3 is 29.4 Å². The number of ether oxygens (including phenoxy) is 4. The van der Waals surface area contributed by atoms with Crippen molar-refractivity contribution in [3.63, 3.8) is 0 Å². The first-order chi connectivity index (χ1) is 28.4. The zero-order chi connectivity index (χ0) is 40.2. The smallest absolute Gasteiger partial charge is 0.252 e. The number of aliphatic hydroxyl groups is 1. The van der Waals surface area contributed by atoms with Gasteiger partial charge in [-0.3, -0.25) is 4.79 Å². The van der Waals surface area contributed by atoms with E-state index in [-0.39, 0.29) is 18.9 Å². The molecule has 6 aromatic carbocycles. The normalized spacial score (nSPS) is 15.9. The highest BCUT2D eigenvalue weighted by Gasteiger charge is 2.53. The first-order valence-electron chi connectivity index (χ1n) is 19.2. The van der Waals surface area contributed by atoms with Crippen LogP contribution in [-0.2, 0) is 35.6 Å². The van der Waals surface area contributed by atoms with Gasteiger partial charge in [0.05, 0.1) is 6.61 Å². The van der Waals surface area contributed by atoms with Gasteiger partial charge in [0.25, 0.3) is 5.91 Å². The molecule has 0 radical (unpaired) electrons. The number of nitrogens with zero attached hydrogens (tertiary/aromatic N) is 1. The summed E-state index contributed by atoms with van der Waals surface area (Å²) in [5.74, 6) is 1.88. The van der Waals surface area contributed by atoms with Crippen LogP contribution in [0.4, 0.5) is 0 Å². The van der Waals surface area contributed by atoms with E-state index in [9.17, 15) is 4.79 Å². The van der Waals surface area contributed by atoms with Gasteiger partial charge in [-0.25, -0.2) is 4.99 Å². The molecule has 8 nitrogen and oxygen atoms in total. The zero-order valence-electron chi connectivity index (χ0n) is 31.9. The summed E-state index contributed by atoms with van der Waals surface area (Å²) in [7, 11) is 0. The summed E-state index contributed by atoms with van der Waals surface area (Å²) in [4.78, 5) is 20.0. The van der Waals surface area contributed by atoms with E-state index in [1.165, 1.54) is 0 Å². The maximum absolute atomic E-state index is 14.8. The van der Waals surface area contributed by atoms with Crippen LogP contribution < -0.4 is 19.5 Å². The van der Waals surface area contributed by atoms with E-state index in [1.54, 1.807) is 18.2 Å². The SMILES string of the molecule is O=C(NCCc1ccc(OCc2ccccc2)c(OCc2ccccc2)c1)[C@]1(Cc2ccccc2)N=C(c2ccc(OCCCO)cc2)O[C@@H]1c1ccc(Cl)cc1Cl. The first kappa shape index (κ1) is 40.4. The molecular weight excluding hydrogens is 771 g/mol.